The Hall–Kier alpha value is -0.350. The van der Waals surface area contributed by atoms with Crippen molar-refractivity contribution in [1.82, 2.24) is 9.97 Å². The van der Waals surface area contributed by atoms with Gasteiger partial charge in [-0.05, 0) is 21.8 Å². The minimum Gasteiger partial charge on any atom is -0.344 e. The van der Waals surface area contributed by atoms with Gasteiger partial charge in [0, 0.05) is 13.0 Å². The van der Waals surface area contributed by atoms with Crippen LogP contribution in [0.2, 0.25) is 0 Å². The van der Waals surface area contributed by atoms with Crippen LogP contribution >= 0.6 is 15.9 Å². The highest BCUT2D eigenvalue weighted by Crippen LogP contribution is 2.14. The molecular weight excluding hydrogens is 218 g/mol. The van der Waals surface area contributed by atoms with Crippen LogP contribution in [0.25, 0.3) is 0 Å². The summed E-state index contributed by atoms with van der Waals surface area (Å²) in [6.07, 6.45) is 0.971. The number of nitrogens with two attached hydrogens (primary N) is 1. The maximum atomic E-state index is 5.49. The molecule has 0 fully saturated rings. The highest BCUT2D eigenvalue weighted by atomic mass is 79.9. The third-order valence-electron chi connectivity index (χ3n) is 1.58. The van der Waals surface area contributed by atoms with E-state index in [1.54, 1.807) is 0 Å². The van der Waals surface area contributed by atoms with Crippen LogP contribution in [0.1, 0.15) is 25.4 Å². The van der Waals surface area contributed by atoms with Gasteiger partial charge in [0.15, 0.2) is 0 Å². The summed E-state index contributed by atoms with van der Waals surface area (Å²) in [7, 11) is 0. The fourth-order valence-corrected chi connectivity index (χ4v) is 1.53. The standard InChI is InChI=1S/C8H14BrN3/c1-5(2)3-7-11-6(4-10)8(9)12-7/h5H,3-4,10H2,1-2H3,(H,11,12). The average Bonchev–Trinajstić information content (AvgIpc) is 2.29. The van der Waals surface area contributed by atoms with Gasteiger partial charge in [-0.1, -0.05) is 13.8 Å². The van der Waals surface area contributed by atoms with Crippen molar-refractivity contribution in [3.8, 4) is 0 Å². The summed E-state index contributed by atoms with van der Waals surface area (Å²) >= 11 is 3.34. The fraction of sp³-hybridized carbons (Fsp3) is 0.625. The summed E-state index contributed by atoms with van der Waals surface area (Å²) in [5, 5.41) is 0. The number of aromatic nitrogens is 2. The predicted molar refractivity (Wildman–Crippen MR) is 52.7 cm³/mol. The molecule has 68 valence electrons. The Bertz CT molecular complexity index is 255. The number of hydrogen-bond donors (Lipinski definition) is 2. The minimum atomic E-state index is 0.506. The highest BCUT2D eigenvalue weighted by Gasteiger charge is 2.06. The van der Waals surface area contributed by atoms with Crippen LogP contribution in [0.5, 0.6) is 0 Å². The van der Waals surface area contributed by atoms with Crippen molar-refractivity contribution < 1.29 is 0 Å². The van der Waals surface area contributed by atoms with E-state index in [2.05, 4.69) is 39.7 Å². The minimum absolute atomic E-state index is 0.506. The zero-order valence-electron chi connectivity index (χ0n) is 7.39. The van der Waals surface area contributed by atoms with E-state index >= 15 is 0 Å². The van der Waals surface area contributed by atoms with Gasteiger partial charge >= 0.3 is 0 Å². The van der Waals surface area contributed by atoms with Gasteiger partial charge in [-0.25, -0.2) is 4.98 Å². The van der Waals surface area contributed by atoms with Crippen LogP contribution < -0.4 is 5.73 Å². The zero-order valence-corrected chi connectivity index (χ0v) is 8.98. The number of nitrogens with zero attached hydrogens (tertiary/aromatic N) is 1. The molecule has 1 aromatic rings. The van der Waals surface area contributed by atoms with Crippen molar-refractivity contribution in [2.45, 2.75) is 26.8 Å². The Labute approximate surface area is 80.9 Å². The molecule has 0 unspecified atom stereocenters. The number of aromatic amines is 1. The van der Waals surface area contributed by atoms with E-state index < -0.39 is 0 Å². The molecule has 0 saturated heterocycles. The number of halogens is 1. The van der Waals surface area contributed by atoms with Gasteiger partial charge in [-0.15, -0.1) is 0 Å². The van der Waals surface area contributed by atoms with Crippen LogP contribution in [0.15, 0.2) is 4.60 Å². The molecule has 0 radical (unpaired) electrons. The van der Waals surface area contributed by atoms with Crippen LogP contribution in [0.4, 0.5) is 0 Å². The molecule has 0 amide bonds. The van der Waals surface area contributed by atoms with Crippen molar-refractivity contribution in [1.29, 1.82) is 0 Å². The predicted octanol–water partition coefficient (Wildman–Crippen LogP) is 1.83. The molecule has 0 aliphatic heterocycles. The second kappa shape index (κ2) is 4.05. The van der Waals surface area contributed by atoms with E-state index in [1.165, 1.54) is 0 Å². The summed E-state index contributed by atoms with van der Waals surface area (Å²) in [5.41, 5.74) is 6.47. The first-order chi connectivity index (χ1) is 5.63. The lowest BCUT2D eigenvalue weighted by Crippen LogP contribution is -1.99. The Kier molecular flexibility index (Phi) is 3.29. The molecule has 0 bridgehead atoms. The summed E-state index contributed by atoms with van der Waals surface area (Å²) in [6, 6.07) is 0. The second-order valence-corrected chi connectivity index (χ2v) is 4.01. The number of nitrogens with one attached hydrogen (secondary N) is 1. The average molecular weight is 232 g/mol. The van der Waals surface area contributed by atoms with Crippen molar-refractivity contribution >= 4 is 15.9 Å². The van der Waals surface area contributed by atoms with E-state index in [0.717, 1.165) is 22.5 Å². The highest BCUT2D eigenvalue weighted by molar-refractivity contribution is 9.10. The molecule has 12 heavy (non-hydrogen) atoms. The molecule has 0 atom stereocenters. The molecule has 1 rings (SSSR count). The molecule has 0 aliphatic carbocycles. The molecule has 3 nitrogen and oxygen atoms in total. The molecule has 4 heteroatoms. The first-order valence-corrected chi connectivity index (χ1v) is 4.86. The molecule has 3 N–H and O–H groups in total. The lowest BCUT2D eigenvalue weighted by atomic mass is 10.1. The van der Waals surface area contributed by atoms with E-state index in [1.807, 2.05) is 0 Å². The van der Waals surface area contributed by atoms with Gasteiger partial charge in [-0.2, -0.15) is 0 Å². The van der Waals surface area contributed by atoms with Gasteiger partial charge in [0.1, 0.15) is 10.4 Å². The monoisotopic (exact) mass is 231 g/mol. The third kappa shape index (κ3) is 2.32. The Morgan fingerprint density at radius 2 is 2.25 bits per heavy atom. The smallest absolute Gasteiger partial charge is 0.128 e. The number of rotatable bonds is 3. The molecule has 0 aliphatic rings. The third-order valence-corrected chi connectivity index (χ3v) is 2.24. The Morgan fingerprint density at radius 1 is 1.58 bits per heavy atom. The van der Waals surface area contributed by atoms with Crippen molar-refractivity contribution in [2.24, 2.45) is 11.7 Å². The molecular formula is C8H14BrN3. The van der Waals surface area contributed by atoms with Crippen molar-refractivity contribution in [3.05, 3.63) is 16.1 Å². The summed E-state index contributed by atoms with van der Waals surface area (Å²) in [6.45, 7) is 4.84. The molecule has 0 aromatic carbocycles. The molecule has 1 aromatic heterocycles. The summed E-state index contributed by atoms with van der Waals surface area (Å²) in [4.78, 5) is 7.48. The van der Waals surface area contributed by atoms with Crippen molar-refractivity contribution in [3.63, 3.8) is 0 Å². The Balaban J connectivity index is 2.75. The van der Waals surface area contributed by atoms with Gasteiger partial charge in [0.2, 0.25) is 0 Å². The van der Waals surface area contributed by atoms with Crippen LogP contribution in [0, 0.1) is 5.92 Å². The van der Waals surface area contributed by atoms with Gasteiger partial charge in [-0.3, -0.25) is 0 Å². The number of imidazole rings is 1. The van der Waals surface area contributed by atoms with Gasteiger partial charge in [0.25, 0.3) is 0 Å². The maximum absolute atomic E-state index is 5.49. The Morgan fingerprint density at radius 3 is 2.67 bits per heavy atom. The largest absolute Gasteiger partial charge is 0.344 e. The normalized spacial score (nSPS) is 11.1. The lowest BCUT2D eigenvalue weighted by molar-refractivity contribution is 0.624. The lowest BCUT2D eigenvalue weighted by Gasteiger charge is -1.98. The second-order valence-electron chi connectivity index (χ2n) is 3.25. The van der Waals surface area contributed by atoms with Gasteiger partial charge < -0.3 is 10.7 Å². The van der Waals surface area contributed by atoms with Crippen LogP contribution in [0.3, 0.4) is 0 Å². The van der Waals surface area contributed by atoms with E-state index in [9.17, 15) is 0 Å². The SMILES string of the molecule is CC(C)Cc1nc(Br)c(CN)[nH]1. The fourth-order valence-electron chi connectivity index (χ4n) is 1.06. The number of H-pyrrole nitrogens is 1. The van der Waals surface area contributed by atoms with E-state index in [4.69, 9.17) is 5.73 Å². The van der Waals surface area contributed by atoms with Crippen LogP contribution in [-0.4, -0.2) is 9.97 Å². The molecule has 1 heterocycles. The topological polar surface area (TPSA) is 54.7 Å². The van der Waals surface area contributed by atoms with E-state index in [-0.39, 0.29) is 0 Å². The first kappa shape index (κ1) is 9.74. The quantitative estimate of drug-likeness (QED) is 0.835. The molecule has 0 spiro atoms. The maximum Gasteiger partial charge on any atom is 0.128 e. The van der Waals surface area contributed by atoms with Crippen LogP contribution in [-0.2, 0) is 13.0 Å². The molecule has 0 saturated carbocycles. The first-order valence-electron chi connectivity index (χ1n) is 4.06. The zero-order chi connectivity index (χ0) is 9.14. The summed E-state index contributed by atoms with van der Waals surface area (Å²) < 4.78 is 0.848. The summed E-state index contributed by atoms with van der Waals surface area (Å²) in [5.74, 6) is 1.63. The van der Waals surface area contributed by atoms with Crippen molar-refractivity contribution in [2.75, 3.05) is 0 Å². The van der Waals surface area contributed by atoms with Gasteiger partial charge in [0.05, 0.1) is 5.69 Å². The van der Waals surface area contributed by atoms with E-state index in [0.29, 0.717) is 12.5 Å². The number of hydrogen-bond acceptors (Lipinski definition) is 2.